The molecule has 0 saturated carbocycles. The molecule has 0 aliphatic heterocycles. The quantitative estimate of drug-likeness (QED) is 0.450. The summed E-state index contributed by atoms with van der Waals surface area (Å²) in [4.78, 5) is 14.3. The summed E-state index contributed by atoms with van der Waals surface area (Å²) >= 11 is 0. The number of hydrogen-bond acceptors (Lipinski definition) is 5. The van der Waals surface area contributed by atoms with Crippen molar-refractivity contribution >= 4 is 12.0 Å². The zero-order valence-electron chi connectivity index (χ0n) is 18.8. The Morgan fingerprint density at radius 1 is 1.09 bits per heavy atom. The highest BCUT2D eigenvalue weighted by Gasteiger charge is 2.08. The lowest BCUT2D eigenvalue weighted by atomic mass is 10.2. The molecule has 1 aromatic heterocycles. The van der Waals surface area contributed by atoms with Crippen molar-refractivity contribution in [3.8, 4) is 11.5 Å². The van der Waals surface area contributed by atoms with Crippen LogP contribution in [-0.2, 0) is 17.9 Å². The molecule has 32 heavy (non-hydrogen) atoms. The Balaban J connectivity index is 1.43. The molecule has 0 bridgehead atoms. The van der Waals surface area contributed by atoms with Crippen molar-refractivity contribution in [2.75, 3.05) is 20.7 Å². The fourth-order valence-electron chi connectivity index (χ4n) is 3.24. The molecule has 6 heteroatoms. The number of carbonyl (C=O) groups is 1. The minimum Gasteiger partial charge on any atom is -0.497 e. The van der Waals surface area contributed by atoms with E-state index >= 15 is 0 Å². The van der Waals surface area contributed by atoms with Gasteiger partial charge in [0.1, 0.15) is 17.6 Å². The lowest BCUT2D eigenvalue weighted by Crippen LogP contribution is -2.32. The van der Waals surface area contributed by atoms with E-state index in [9.17, 15) is 4.79 Å². The van der Waals surface area contributed by atoms with Crippen LogP contribution < -0.4 is 14.8 Å². The van der Waals surface area contributed by atoms with Crippen LogP contribution in [-0.4, -0.2) is 37.6 Å². The number of rotatable bonds is 11. The van der Waals surface area contributed by atoms with E-state index in [2.05, 4.69) is 23.3 Å². The smallest absolute Gasteiger partial charge is 0.244 e. The van der Waals surface area contributed by atoms with Gasteiger partial charge in [-0.1, -0.05) is 24.3 Å². The topological polar surface area (TPSA) is 63.9 Å². The standard InChI is InChI=1S/C26H30N2O4/c1-20(16-27-26(29)12-9-21-7-10-24(30-3)11-8-21)32-25-6-4-5-22(15-25)17-28(2)18-23-13-14-31-19-23/h4-15,19-20H,16-18H2,1-3H3,(H,27,29)/b12-9+/t20-/m0/s1. The van der Waals surface area contributed by atoms with E-state index in [1.165, 1.54) is 6.08 Å². The highest BCUT2D eigenvalue weighted by atomic mass is 16.5. The molecule has 0 aliphatic rings. The Hall–Kier alpha value is -3.51. The van der Waals surface area contributed by atoms with Gasteiger partial charge in [0.2, 0.25) is 5.91 Å². The van der Waals surface area contributed by atoms with Gasteiger partial charge < -0.3 is 19.2 Å². The molecule has 0 radical (unpaired) electrons. The van der Waals surface area contributed by atoms with Crippen LogP contribution in [0.15, 0.2) is 77.6 Å². The van der Waals surface area contributed by atoms with Gasteiger partial charge in [0.15, 0.2) is 0 Å². The van der Waals surface area contributed by atoms with Crippen LogP contribution in [0.1, 0.15) is 23.6 Å². The Morgan fingerprint density at radius 2 is 1.88 bits per heavy atom. The Bertz CT molecular complexity index is 997. The van der Waals surface area contributed by atoms with Gasteiger partial charge in [-0.25, -0.2) is 0 Å². The van der Waals surface area contributed by atoms with Gasteiger partial charge in [-0.2, -0.15) is 0 Å². The summed E-state index contributed by atoms with van der Waals surface area (Å²) < 4.78 is 16.3. The van der Waals surface area contributed by atoms with Crippen molar-refractivity contribution in [3.05, 3.63) is 89.9 Å². The minimum absolute atomic E-state index is 0.160. The van der Waals surface area contributed by atoms with Crippen LogP contribution >= 0.6 is 0 Å². The van der Waals surface area contributed by atoms with Crippen LogP contribution in [0.5, 0.6) is 11.5 Å². The number of ether oxygens (including phenoxy) is 2. The van der Waals surface area contributed by atoms with Gasteiger partial charge in [0.05, 0.1) is 26.2 Å². The molecule has 3 rings (SSSR count). The maximum Gasteiger partial charge on any atom is 0.244 e. The molecule has 1 atom stereocenters. The van der Waals surface area contributed by atoms with Crippen LogP contribution in [0.25, 0.3) is 6.08 Å². The first kappa shape index (κ1) is 23.2. The van der Waals surface area contributed by atoms with Crippen LogP contribution in [0.4, 0.5) is 0 Å². The molecule has 1 N–H and O–H groups in total. The molecule has 168 valence electrons. The summed E-state index contributed by atoms with van der Waals surface area (Å²) in [6, 6.07) is 17.5. The Labute approximate surface area is 189 Å². The van der Waals surface area contributed by atoms with E-state index in [1.807, 2.05) is 55.5 Å². The van der Waals surface area contributed by atoms with Gasteiger partial charge >= 0.3 is 0 Å². The summed E-state index contributed by atoms with van der Waals surface area (Å²) in [6.45, 7) is 3.96. The zero-order chi connectivity index (χ0) is 22.8. The third kappa shape index (κ3) is 7.63. The summed E-state index contributed by atoms with van der Waals surface area (Å²) in [5.41, 5.74) is 3.23. The molecule has 0 unspecified atom stereocenters. The molecule has 0 saturated heterocycles. The lowest BCUT2D eigenvalue weighted by molar-refractivity contribution is -0.116. The molecule has 2 aromatic carbocycles. The second-order valence-corrected chi connectivity index (χ2v) is 7.73. The summed E-state index contributed by atoms with van der Waals surface area (Å²) in [6.07, 6.45) is 6.58. The number of carbonyl (C=O) groups excluding carboxylic acids is 1. The number of nitrogens with one attached hydrogen (secondary N) is 1. The van der Waals surface area contributed by atoms with Crippen molar-refractivity contribution in [1.29, 1.82) is 0 Å². The normalized spacial score (nSPS) is 12.1. The monoisotopic (exact) mass is 434 g/mol. The number of amides is 1. The fraction of sp³-hybridized carbons (Fsp3) is 0.269. The molecule has 0 spiro atoms. The van der Waals surface area contributed by atoms with Crippen molar-refractivity contribution in [1.82, 2.24) is 10.2 Å². The highest BCUT2D eigenvalue weighted by molar-refractivity contribution is 5.91. The maximum absolute atomic E-state index is 12.1. The maximum atomic E-state index is 12.1. The Morgan fingerprint density at radius 3 is 2.59 bits per heavy atom. The third-order valence-electron chi connectivity index (χ3n) is 4.83. The molecule has 3 aromatic rings. The summed E-state index contributed by atoms with van der Waals surface area (Å²) in [7, 11) is 3.69. The van der Waals surface area contributed by atoms with Crippen LogP contribution in [0.2, 0.25) is 0 Å². The molecule has 0 aliphatic carbocycles. The fourth-order valence-corrected chi connectivity index (χ4v) is 3.24. The molecule has 1 heterocycles. The van der Waals surface area contributed by atoms with E-state index in [1.54, 1.807) is 25.7 Å². The predicted molar refractivity (Wildman–Crippen MR) is 125 cm³/mol. The first-order valence-corrected chi connectivity index (χ1v) is 10.6. The second kappa shape index (κ2) is 11.8. The number of benzene rings is 2. The number of furan rings is 1. The first-order chi connectivity index (χ1) is 15.5. The molecule has 6 nitrogen and oxygen atoms in total. The number of nitrogens with zero attached hydrogens (tertiary/aromatic N) is 1. The van der Waals surface area contributed by atoms with Crippen LogP contribution in [0, 0.1) is 0 Å². The second-order valence-electron chi connectivity index (χ2n) is 7.73. The average Bonchev–Trinajstić information content (AvgIpc) is 3.29. The Kier molecular flexibility index (Phi) is 8.52. The predicted octanol–water partition coefficient (Wildman–Crippen LogP) is 4.52. The SMILES string of the molecule is COc1ccc(/C=C/C(=O)NC[C@H](C)Oc2cccc(CN(C)Cc3ccoc3)c2)cc1. The van der Waals surface area contributed by atoms with Gasteiger partial charge in [-0.15, -0.1) is 0 Å². The van der Waals surface area contributed by atoms with E-state index in [0.717, 1.165) is 41.3 Å². The zero-order valence-corrected chi connectivity index (χ0v) is 18.8. The van der Waals surface area contributed by atoms with E-state index in [0.29, 0.717) is 6.54 Å². The van der Waals surface area contributed by atoms with Crippen LogP contribution in [0.3, 0.4) is 0 Å². The summed E-state index contributed by atoms with van der Waals surface area (Å²) in [5, 5.41) is 2.87. The average molecular weight is 435 g/mol. The number of methoxy groups -OCH3 is 1. The van der Waals surface area contributed by atoms with Crippen molar-refractivity contribution < 1.29 is 18.7 Å². The molecular formula is C26H30N2O4. The van der Waals surface area contributed by atoms with Gasteiger partial charge in [0.25, 0.3) is 0 Å². The number of hydrogen-bond donors (Lipinski definition) is 1. The molecule has 0 fully saturated rings. The molecular weight excluding hydrogens is 404 g/mol. The van der Waals surface area contributed by atoms with E-state index in [-0.39, 0.29) is 12.0 Å². The van der Waals surface area contributed by atoms with Crippen molar-refractivity contribution in [2.24, 2.45) is 0 Å². The van der Waals surface area contributed by atoms with E-state index < -0.39 is 0 Å². The van der Waals surface area contributed by atoms with Gasteiger partial charge in [-0.05, 0) is 61.5 Å². The molecule has 1 amide bonds. The van der Waals surface area contributed by atoms with Crippen molar-refractivity contribution in [3.63, 3.8) is 0 Å². The van der Waals surface area contributed by atoms with E-state index in [4.69, 9.17) is 13.9 Å². The third-order valence-corrected chi connectivity index (χ3v) is 4.83. The highest BCUT2D eigenvalue weighted by Crippen LogP contribution is 2.17. The lowest BCUT2D eigenvalue weighted by Gasteiger charge is -2.18. The summed E-state index contributed by atoms with van der Waals surface area (Å²) in [5.74, 6) is 1.41. The largest absolute Gasteiger partial charge is 0.497 e. The van der Waals surface area contributed by atoms with Crippen molar-refractivity contribution in [2.45, 2.75) is 26.1 Å². The minimum atomic E-state index is -0.161. The first-order valence-electron chi connectivity index (χ1n) is 10.6. The van der Waals surface area contributed by atoms with Gasteiger partial charge in [0, 0.05) is 24.7 Å². The van der Waals surface area contributed by atoms with Gasteiger partial charge in [-0.3, -0.25) is 9.69 Å².